The van der Waals surface area contributed by atoms with Gasteiger partial charge in [0, 0.05) is 18.5 Å². The van der Waals surface area contributed by atoms with Crippen LogP contribution in [-0.2, 0) is 16.3 Å². The van der Waals surface area contributed by atoms with E-state index in [2.05, 4.69) is 13.0 Å². The highest BCUT2D eigenvalue weighted by Crippen LogP contribution is 2.39. The second-order valence-electron chi connectivity index (χ2n) is 9.76. The lowest BCUT2D eigenvalue weighted by atomic mass is 9.80. The lowest BCUT2D eigenvalue weighted by molar-refractivity contribution is 0.0748. The van der Waals surface area contributed by atoms with E-state index in [0.717, 1.165) is 51.9 Å². The van der Waals surface area contributed by atoms with E-state index in [1.807, 2.05) is 48.5 Å². The number of ether oxygens (including phenoxy) is 1. The number of rotatable bonds is 4. The van der Waals surface area contributed by atoms with Gasteiger partial charge in [0.2, 0.25) is 0 Å². The standard InChI is InChI=1S/C28H30N2O4S/c1-18-14-20(16-19-8-10-22(34-3)11-9-19)27-24(15-18)26(23-6-4-5-7-25(23)29-27)28(31)30(2)21-12-13-35(32,33)17-21/h4-11,16,18,21H,12-15,17H2,1-3H3/b20-16-. The number of para-hydroxylation sites is 1. The van der Waals surface area contributed by atoms with Crippen molar-refractivity contribution >= 4 is 38.3 Å². The number of fused-ring (bicyclic) bond motifs is 2. The Balaban J connectivity index is 1.64. The molecule has 0 N–H and O–H groups in total. The molecule has 1 fully saturated rings. The summed E-state index contributed by atoms with van der Waals surface area (Å²) in [6.07, 6.45) is 4.26. The van der Waals surface area contributed by atoms with Gasteiger partial charge in [-0.15, -0.1) is 0 Å². The molecule has 0 radical (unpaired) electrons. The van der Waals surface area contributed by atoms with E-state index >= 15 is 0 Å². The fourth-order valence-corrected chi connectivity index (χ4v) is 7.08. The van der Waals surface area contributed by atoms with Gasteiger partial charge in [0.25, 0.3) is 5.91 Å². The first kappa shape index (κ1) is 23.5. The largest absolute Gasteiger partial charge is 0.497 e. The van der Waals surface area contributed by atoms with Crippen LogP contribution in [0.25, 0.3) is 22.6 Å². The highest BCUT2D eigenvalue weighted by molar-refractivity contribution is 7.91. The third-order valence-electron chi connectivity index (χ3n) is 7.17. The summed E-state index contributed by atoms with van der Waals surface area (Å²) >= 11 is 0. The Kier molecular flexibility index (Phi) is 6.13. The molecule has 1 aliphatic carbocycles. The van der Waals surface area contributed by atoms with Crippen molar-refractivity contribution in [2.45, 2.75) is 32.2 Å². The van der Waals surface area contributed by atoms with Crippen LogP contribution in [0, 0.1) is 5.92 Å². The third kappa shape index (κ3) is 4.57. The number of methoxy groups -OCH3 is 1. The number of aromatic nitrogens is 1. The topological polar surface area (TPSA) is 76.6 Å². The smallest absolute Gasteiger partial charge is 0.254 e. The first-order valence-electron chi connectivity index (χ1n) is 12.0. The van der Waals surface area contributed by atoms with Gasteiger partial charge in [-0.2, -0.15) is 0 Å². The fraction of sp³-hybridized carbons (Fsp3) is 0.357. The number of amides is 1. The monoisotopic (exact) mass is 490 g/mol. The average Bonchev–Trinajstić information content (AvgIpc) is 3.22. The number of nitrogens with zero attached hydrogens (tertiary/aromatic N) is 2. The minimum Gasteiger partial charge on any atom is -0.497 e. The molecule has 1 aromatic heterocycles. The zero-order valence-electron chi connectivity index (χ0n) is 20.3. The molecular weight excluding hydrogens is 460 g/mol. The molecule has 5 rings (SSSR count). The molecule has 0 bridgehead atoms. The van der Waals surface area contributed by atoms with Gasteiger partial charge in [0.15, 0.2) is 9.84 Å². The van der Waals surface area contributed by atoms with E-state index in [-0.39, 0.29) is 23.5 Å². The third-order valence-corrected chi connectivity index (χ3v) is 8.92. The molecule has 1 saturated heterocycles. The summed E-state index contributed by atoms with van der Waals surface area (Å²) in [5, 5.41) is 0.821. The Morgan fingerprint density at radius 2 is 1.86 bits per heavy atom. The van der Waals surface area contributed by atoms with Gasteiger partial charge in [-0.3, -0.25) is 4.79 Å². The number of carbonyl (C=O) groups is 1. The lowest BCUT2D eigenvalue weighted by Crippen LogP contribution is -2.38. The first-order chi connectivity index (χ1) is 16.8. The number of hydrogen-bond acceptors (Lipinski definition) is 5. The van der Waals surface area contributed by atoms with Crippen LogP contribution in [0.15, 0.2) is 48.5 Å². The second kappa shape index (κ2) is 9.11. The van der Waals surface area contributed by atoms with Gasteiger partial charge in [0.05, 0.1) is 35.4 Å². The van der Waals surface area contributed by atoms with Crippen molar-refractivity contribution in [2.24, 2.45) is 5.92 Å². The number of carbonyl (C=O) groups excluding carboxylic acids is 1. The Morgan fingerprint density at radius 3 is 2.54 bits per heavy atom. The van der Waals surface area contributed by atoms with Crippen LogP contribution >= 0.6 is 0 Å². The molecule has 6 nitrogen and oxygen atoms in total. The maximum absolute atomic E-state index is 13.9. The molecule has 2 aliphatic rings. The summed E-state index contributed by atoms with van der Waals surface area (Å²) < 4.78 is 29.5. The van der Waals surface area contributed by atoms with E-state index in [0.29, 0.717) is 17.9 Å². The van der Waals surface area contributed by atoms with Crippen molar-refractivity contribution in [1.82, 2.24) is 9.88 Å². The fourth-order valence-electron chi connectivity index (χ4n) is 5.30. The Bertz CT molecular complexity index is 1430. The van der Waals surface area contributed by atoms with Gasteiger partial charge in [-0.1, -0.05) is 37.3 Å². The zero-order chi connectivity index (χ0) is 24.7. The minimum absolute atomic E-state index is 0.0273. The van der Waals surface area contributed by atoms with Gasteiger partial charge in [0.1, 0.15) is 5.75 Å². The number of pyridine rings is 1. The predicted octanol–water partition coefficient (Wildman–Crippen LogP) is 4.63. The average molecular weight is 491 g/mol. The summed E-state index contributed by atoms with van der Waals surface area (Å²) in [5.74, 6) is 1.19. The molecular formula is C28H30N2O4S. The van der Waals surface area contributed by atoms with Crippen LogP contribution in [0.2, 0.25) is 0 Å². The van der Waals surface area contributed by atoms with Crippen LogP contribution in [-0.4, -0.2) is 55.9 Å². The molecule has 2 aromatic carbocycles. The predicted molar refractivity (Wildman–Crippen MR) is 139 cm³/mol. The van der Waals surface area contributed by atoms with Crippen LogP contribution in [0.1, 0.15) is 46.9 Å². The summed E-state index contributed by atoms with van der Waals surface area (Å²) in [6.45, 7) is 2.20. The van der Waals surface area contributed by atoms with Crippen molar-refractivity contribution < 1.29 is 17.9 Å². The number of benzene rings is 2. The van der Waals surface area contributed by atoms with Gasteiger partial charge in [-0.25, -0.2) is 13.4 Å². The molecule has 0 spiro atoms. The molecule has 2 unspecified atom stereocenters. The van der Waals surface area contributed by atoms with Crippen molar-refractivity contribution in [3.63, 3.8) is 0 Å². The molecule has 7 heteroatoms. The van der Waals surface area contributed by atoms with E-state index < -0.39 is 9.84 Å². The summed E-state index contributed by atoms with van der Waals surface area (Å²) in [5.41, 5.74) is 5.42. The lowest BCUT2D eigenvalue weighted by Gasteiger charge is -2.30. The van der Waals surface area contributed by atoms with Gasteiger partial charge >= 0.3 is 0 Å². The van der Waals surface area contributed by atoms with Crippen LogP contribution in [0.5, 0.6) is 5.75 Å². The normalized spacial score (nSPS) is 22.2. The van der Waals surface area contributed by atoms with Crippen molar-refractivity contribution in [3.05, 3.63) is 70.9 Å². The molecule has 1 amide bonds. The van der Waals surface area contributed by atoms with E-state index in [9.17, 15) is 13.2 Å². The summed E-state index contributed by atoms with van der Waals surface area (Å²) in [4.78, 5) is 20.6. The Morgan fingerprint density at radius 1 is 1.11 bits per heavy atom. The number of allylic oxidation sites excluding steroid dienone is 1. The quantitative estimate of drug-likeness (QED) is 0.533. The molecule has 2 atom stereocenters. The SMILES string of the molecule is COc1ccc(/C=C2/CC(C)Cc3c2nc2ccccc2c3C(=O)N(C)C2CCS(=O)(=O)C2)cc1. The van der Waals surface area contributed by atoms with Crippen molar-refractivity contribution in [2.75, 3.05) is 25.7 Å². The summed E-state index contributed by atoms with van der Waals surface area (Å²) in [7, 11) is 0.285. The Hall–Kier alpha value is -3.19. The maximum Gasteiger partial charge on any atom is 0.254 e. The van der Waals surface area contributed by atoms with Crippen LogP contribution in [0.4, 0.5) is 0 Å². The number of sulfone groups is 1. The van der Waals surface area contributed by atoms with Crippen molar-refractivity contribution in [3.8, 4) is 5.75 Å². The molecule has 3 aromatic rings. The number of hydrogen-bond donors (Lipinski definition) is 0. The Labute approximate surface area is 206 Å². The highest BCUT2D eigenvalue weighted by Gasteiger charge is 2.35. The highest BCUT2D eigenvalue weighted by atomic mass is 32.2. The maximum atomic E-state index is 13.9. The summed E-state index contributed by atoms with van der Waals surface area (Å²) in [6, 6.07) is 15.4. The molecule has 2 heterocycles. The van der Waals surface area contributed by atoms with Gasteiger partial charge < -0.3 is 9.64 Å². The zero-order valence-corrected chi connectivity index (χ0v) is 21.1. The van der Waals surface area contributed by atoms with E-state index in [1.54, 1.807) is 19.1 Å². The first-order valence-corrected chi connectivity index (χ1v) is 13.8. The van der Waals surface area contributed by atoms with Crippen LogP contribution in [0.3, 0.4) is 0 Å². The van der Waals surface area contributed by atoms with Gasteiger partial charge in [-0.05, 0) is 66.2 Å². The second-order valence-corrected chi connectivity index (χ2v) is 12.0. The van der Waals surface area contributed by atoms with E-state index in [1.165, 1.54) is 0 Å². The molecule has 1 aliphatic heterocycles. The molecule has 0 saturated carbocycles. The van der Waals surface area contributed by atoms with Crippen molar-refractivity contribution in [1.29, 1.82) is 0 Å². The molecule has 35 heavy (non-hydrogen) atoms. The van der Waals surface area contributed by atoms with Crippen LogP contribution < -0.4 is 4.74 Å². The van der Waals surface area contributed by atoms with E-state index in [4.69, 9.17) is 9.72 Å². The molecule has 182 valence electrons. The minimum atomic E-state index is -3.10.